The lowest BCUT2D eigenvalue weighted by Gasteiger charge is -2.19. The van der Waals surface area contributed by atoms with Crippen LogP contribution in [-0.4, -0.2) is 37.3 Å². The first-order valence-corrected chi connectivity index (χ1v) is 8.49. The summed E-state index contributed by atoms with van der Waals surface area (Å²) in [6.45, 7) is 0.954. The number of amides is 1. The number of likely N-dealkylation sites (N-methyl/N-ethyl adjacent to an activating group) is 1. The minimum absolute atomic E-state index is 0.00431. The second-order valence-corrected chi connectivity index (χ2v) is 6.01. The number of halogens is 1. The van der Waals surface area contributed by atoms with Crippen LogP contribution in [0.25, 0.3) is 0 Å². The van der Waals surface area contributed by atoms with Crippen LogP contribution in [0, 0.1) is 0 Å². The lowest BCUT2D eigenvalue weighted by Crippen LogP contribution is -2.31. The Labute approximate surface area is 140 Å². The number of carbonyl (C=O) groups is 1. The van der Waals surface area contributed by atoms with Gasteiger partial charge < -0.3 is 9.64 Å². The number of rotatable bonds is 6. The predicted molar refractivity (Wildman–Crippen MR) is 92.1 cm³/mol. The van der Waals surface area contributed by atoms with Crippen LogP contribution in [0.1, 0.15) is 10.4 Å². The van der Waals surface area contributed by atoms with Gasteiger partial charge in [0, 0.05) is 17.0 Å². The van der Waals surface area contributed by atoms with Crippen molar-refractivity contribution in [1.82, 2.24) is 4.90 Å². The highest BCUT2D eigenvalue weighted by atomic mass is 35.5. The van der Waals surface area contributed by atoms with E-state index >= 15 is 0 Å². The third-order valence-corrected chi connectivity index (χ3v) is 4.24. The Bertz CT molecular complexity index is 631. The number of ether oxygens (including phenoxy) is 1. The molecule has 0 saturated carbocycles. The van der Waals surface area contributed by atoms with Gasteiger partial charge in [0.2, 0.25) is 0 Å². The fourth-order valence-corrected chi connectivity index (χ4v) is 2.68. The summed E-state index contributed by atoms with van der Waals surface area (Å²) in [6, 6.07) is 14.8. The lowest BCUT2D eigenvalue weighted by atomic mass is 10.2. The van der Waals surface area contributed by atoms with E-state index in [1.165, 1.54) is 0 Å². The van der Waals surface area contributed by atoms with Crippen LogP contribution in [0.4, 0.5) is 0 Å². The Morgan fingerprint density at radius 2 is 1.86 bits per heavy atom. The molecule has 22 heavy (non-hydrogen) atoms. The SMILES string of the molecule is CSc1ccccc1C(=O)N(C)CCOc1ccc(Cl)cc1. The number of thioether (sulfide) groups is 1. The van der Waals surface area contributed by atoms with Crippen molar-refractivity contribution >= 4 is 29.3 Å². The molecular formula is C17H18ClNO2S. The van der Waals surface area contributed by atoms with Gasteiger partial charge in [-0.15, -0.1) is 11.8 Å². The Balaban J connectivity index is 1.90. The van der Waals surface area contributed by atoms with Crippen LogP contribution >= 0.6 is 23.4 Å². The molecule has 2 aromatic carbocycles. The molecule has 0 fully saturated rings. The van der Waals surface area contributed by atoms with Crippen molar-refractivity contribution in [3.05, 3.63) is 59.1 Å². The zero-order valence-electron chi connectivity index (χ0n) is 12.6. The topological polar surface area (TPSA) is 29.5 Å². The van der Waals surface area contributed by atoms with E-state index in [-0.39, 0.29) is 5.91 Å². The number of nitrogens with zero attached hydrogens (tertiary/aromatic N) is 1. The van der Waals surface area contributed by atoms with Gasteiger partial charge in [-0.05, 0) is 42.7 Å². The maximum Gasteiger partial charge on any atom is 0.254 e. The normalized spacial score (nSPS) is 10.3. The molecule has 0 radical (unpaired) electrons. The minimum Gasteiger partial charge on any atom is -0.492 e. The summed E-state index contributed by atoms with van der Waals surface area (Å²) in [7, 11) is 1.78. The quantitative estimate of drug-likeness (QED) is 0.740. The molecule has 0 aromatic heterocycles. The summed E-state index contributed by atoms with van der Waals surface area (Å²) in [5.74, 6) is 0.749. The van der Waals surface area contributed by atoms with Gasteiger partial charge in [0.1, 0.15) is 12.4 Å². The molecule has 116 valence electrons. The smallest absolute Gasteiger partial charge is 0.254 e. The van der Waals surface area contributed by atoms with Gasteiger partial charge in [-0.3, -0.25) is 4.79 Å². The number of hydrogen-bond acceptors (Lipinski definition) is 3. The predicted octanol–water partition coefficient (Wildman–Crippen LogP) is 4.21. The first kappa shape index (κ1) is 16.7. The maximum atomic E-state index is 12.5. The average molecular weight is 336 g/mol. The van der Waals surface area contributed by atoms with Gasteiger partial charge in [0.15, 0.2) is 0 Å². The maximum absolute atomic E-state index is 12.5. The van der Waals surface area contributed by atoms with E-state index in [1.54, 1.807) is 35.8 Å². The molecule has 3 nitrogen and oxygen atoms in total. The molecule has 2 rings (SSSR count). The third-order valence-electron chi connectivity index (χ3n) is 3.19. The first-order valence-electron chi connectivity index (χ1n) is 6.88. The standard InChI is InChI=1S/C17H18ClNO2S/c1-19(11-12-21-14-9-7-13(18)8-10-14)17(20)15-5-3-4-6-16(15)22-2/h3-10H,11-12H2,1-2H3. The summed E-state index contributed by atoms with van der Waals surface area (Å²) in [5, 5.41) is 0.674. The van der Waals surface area contributed by atoms with Crippen LogP contribution in [0.3, 0.4) is 0 Å². The van der Waals surface area contributed by atoms with Crippen LogP contribution in [-0.2, 0) is 0 Å². The van der Waals surface area contributed by atoms with E-state index < -0.39 is 0 Å². The molecule has 0 atom stereocenters. The molecule has 0 aliphatic heterocycles. The van der Waals surface area contributed by atoms with E-state index in [1.807, 2.05) is 42.7 Å². The highest BCUT2D eigenvalue weighted by Crippen LogP contribution is 2.21. The van der Waals surface area contributed by atoms with Crippen molar-refractivity contribution in [3.63, 3.8) is 0 Å². The summed E-state index contributed by atoms with van der Waals surface area (Å²) in [4.78, 5) is 15.1. The van der Waals surface area contributed by atoms with E-state index in [0.717, 1.165) is 16.2 Å². The zero-order chi connectivity index (χ0) is 15.9. The van der Waals surface area contributed by atoms with Crippen molar-refractivity contribution in [2.24, 2.45) is 0 Å². The van der Waals surface area contributed by atoms with Gasteiger partial charge in [-0.25, -0.2) is 0 Å². The molecule has 5 heteroatoms. The summed E-state index contributed by atoms with van der Waals surface area (Å²) in [5.41, 5.74) is 0.726. The number of hydrogen-bond donors (Lipinski definition) is 0. The molecule has 1 amide bonds. The molecule has 2 aromatic rings. The molecule has 0 aliphatic carbocycles. The molecule has 0 bridgehead atoms. The van der Waals surface area contributed by atoms with Crippen LogP contribution in [0.2, 0.25) is 5.02 Å². The molecule has 0 heterocycles. The lowest BCUT2D eigenvalue weighted by molar-refractivity contribution is 0.0770. The van der Waals surface area contributed by atoms with Crippen LogP contribution in [0.5, 0.6) is 5.75 Å². The van der Waals surface area contributed by atoms with E-state index in [0.29, 0.717) is 18.2 Å². The Hall–Kier alpha value is -1.65. The van der Waals surface area contributed by atoms with Crippen molar-refractivity contribution in [2.75, 3.05) is 26.5 Å². The van der Waals surface area contributed by atoms with Gasteiger partial charge in [-0.1, -0.05) is 23.7 Å². The monoisotopic (exact) mass is 335 g/mol. The van der Waals surface area contributed by atoms with Gasteiger partial charge in [0.05, 0.1) is 12.1 Å². The van der Waals surface area contributed by atoms with E-state index in [2.05, 4.69) is 0 Å². The van der Waals surface area contributed by atoms with Crippen molar-refractivity contribution in [2.45, 2.75) is 4.90 Å². The van der Waals surface area contributed by atoms with Gasteiger partial charge in [-0.2, -0.15) is 0 Å². The molecule has 0 saturated heterocycles. The van der Waals surface area contributed by atoms with Crippen LogP contribution < -0.4 is 4.74 Å². The molecule has 0 spiro atoms. The summed E-state index contributed by atoms with van der Waals surface area (Å²) >= 11 is 7.40. The average Bonchev–Trinajstić information content (AvgIpc) is 2.55. The Morgan fingerprint density at radius 3 is 2.55 bits per heavy atom. The van der Waals surface area contributed by atoms with Gasteiger partial charge in [0.25, 0.3) is 5.91 Å². The molecular weight excluding hydrogens is 318 g/mol. The highest BCUT2D eigenvalue weighted by Gasteiger charge is 2.14. The molecule has 0 N–H and O–H groups in total. The highest BCUT2D eigenvalue weighted by molar-refractivity contribution is 7.98. The number of benzene rings is 2. The second kappa shape index (κ2) is 8.11. The fraction of sp³-hybridized carbons (Fsp3) is 0.235. The summed E-state index contributed by atoms with van der Waals surface area (Å²) < 4.78 is 5.62. The Kier molecular flexibility index (Phi) is 6.16. The number of carbonyl (C=O) groups excluding carboxylic acids is 1. The van der Waals surface area contributed by atoms with Crippen LogP contribution in [0.15, 0.2) is 53.4 Å². The summed E-state index contributed by atoms with van der Waals surface area (Å²) in [6.07, 6.45) is 1.97. The van der Waals surface area contributed by atoms with Crippen molar-refractivity contribution in [1.29, 1.82) is 0 Å². The van der Waals surface area contributed by atoms with E-state index in [9.17, 15) is 4.79 Å². The molecule has 0 unspecified atom stereocenters. The first-order chi connectivity index (χ1) is 10.6. The zero-order valence-corrected chi connectivity index (χ0v) is 14.2. The second-order valence-electron chi connectivity index (χ2n) is 4.73. The third kappa shape index (κ3) is 4.42. The Morgan fingerprint density at radius 1 is 1.18 bits per heavy atom. The van der Waals surface area contributed by atoms with Gasteiger partial charge >= 0.3 is 0 Å². The minimum atomic E-state index is 0.00431. The van der Waals surface area contributed by atoms with E-state index in [4.69, 9.17) is 16.3 Å². The molecule has 0 aliphatic rings. The van der Waals surface area contributed by atoms with Crippen molar-refractivity contribution in [3.8, 4) is 5.75 Å². The fourth-order valence-electron chi connectivity index (χ4n) is 1.96. The largest absolute Gasteiger partial charge is 0.492 e. The van der Waals surface area contributed by atoms with Crippen molar-refractivity contribution < 1.29 is 9.53 Å².